The van der Waals surface area contributed by atoms with Gasteiger partial charge >= 0.3 is 6.36 Å². The summed E-state index contributed by atoms with van der Waals surface area (Å²) in [5, 5.41) is 0. The number of halogens is 3. The summed E-state index contributed by atoms with van der Waals surface area (Å²) >= 11 is 0. The molecule has 1 heterocycles. The molecule has 0 bridgehead atoms. The summed E-state index contributed by atoms with van der Waals surface area (Å²) in [4.78, 5) is 4.39. The highest BCUT2D eigenvalue weighted by atomic mass is 19.4. The number of hydrogen-bond acceptors (Lipinski definition) is 4. The van der Waals surface area contributed by atoms with Crippen LogP contribution in [-0.4, -0.2) is 25.1 Å². The van der Waals surface area contributed by atoms with Crippen LogP contribution in [0.15, 0.2) is 30.5 Å². The molecule has 0 radical (unpaired) electrons. The molecule has 26 heavy (non-hydrogen) atoms. The van der Waals surface area contributed by atoms with Crippen molar-refractivity contribution in [3.05, 3.63) is 36.0 Å². The lowest BCUT2D eigenvalue weighted by Crippen LogP contribution is -2.17. The second kappa shape index (κ2) is 8.78. The number of hydrogen-bond donors (Lipinski definition) is 0. The second-order valence-corrected chi connectivity index (χ2v) is 5.80. The molecule has 0 fully saturated rings. The quantitative estimate of drug-likeness (QED) is 0.574. The van der Waals surface area contributed by atoms with Crippen molar-refractivity contribution in [2.45, 2.75) is 39.5 Å². The van der Waals surface area contributed by atoms with Gasteiger partial charge in [-0.05, 0) is 37.1 Å². The van der Waals surface area contributed by atoms with E-state index in [1.54, 1.807) is 6.20 Å². The molecule has 0 saturated heterocycles. The minimum absolute atomic E-state index is 0.249. The predicted molar refractivity (Wildman–Crippen MR) is 92.7 cm³/mol. The van der Waals surface area contributed by atoms with Gasteiger partial charge in [0, 0.05) is 11.6 Å². The fraction of sp³-hybridized carbons (Fsp3) is 0.421. The molecule has 0 aliphatic heterocycles. The maximum atomic E-state index is 12.4. The second-order valence-electron chi connectivity index (χ2n) is 5.80. The number of alkyl halides is 3. The number of pyridine rings is 1. The number of aryl methyl sites for hydroxylation is 1. The Balaban J connectivity index is 2.21. The Hall–Kier alpha value is -2.44. The number of rotatable bonds is 8. The lowest BCUT2D eigenvalue weighted by atomic mass is 10.1. The Kier molecular flexibility index (Phi) is 6.71. The van der Waals surface area contributed by atoms with Crippen LogP contribution in [0.25, 0.3) is 11.3 Å². The van der Waals surface area contributed by atoms with Gasteiger partial charge < -0.3 is 14.2 Å². The van der Waals surface area contributed by atoms with Gasteiger partial charge in [-0.2, -0.15) is 0 Å². The largest absolute Gasteiger partial charge is 0.573 e. The molecule has 7 heteroatoms. The van der Waals surface area contributed by atoms with E-state index in [-0.39, 0.29) is 11.5 Å². The minimum atomic E-state index is -4.75. The van der Waals surface area contributed by atoms with E-state index >= 15 is 0 Å². The van der Waals surface area contributed by atoms with Crippen LogP contribution < -0.4 is 14.2 Å². The van der Waals surface area contributed by atoms with Crippen molar-refractivity contribution >= 4 is 0 Å². The highest BCUT2D eigenvalue weighted by Crippen LogP contribution is 2.36. The van der Waals surface area contributed by atoms with E-state index < -0.39 is 6.36 Å². The van der Waals surface area contributed by atoms with E-state index in [1.807, 2.05) is 13.0 Å². The smallest absolute Gasteiger partial charge is 0.496 e. The monoisotopic (exact) mass is 369 g/mol. The van der Waals surface area contributed by atoms with Gasteiger partial charge in [-0.25, -0.2) is 0 Å². The van der Waals surface area contributed by atoms with Gasteiger partial charge in [0.05, 0.1) is 25.6 Å². The number of benzene rings is 1. The van der Waals surface area contributed by atoms with E-state index in [9.17, 15) is 13.2 Å². The van der Waals surface area contributed by atoms with Crippen molar-refractivity contribution in [1.29, 1.82) is 0 Å². The van der Waals surface area contributed by atoms with Crippen LogP contribution in [0.1, 0.15) is 31.7 Å². The lowest BCUT2D eigenvalue weighted by Gasteiger charge is -2.14. The Morgan fingerprint density at radius 1 is 1.08 bits per heavy atom. The summed E-state index contributed by atoms with van der Waals surface area (Å²) in [5.41, 5.74) is 2.03. The highest BCUT2D eigenvalue weighted by Gasteiger charge is 2.31. The predicted octanol–water partition coefficient (Wildman–Crippen LogP) is 5.53. The number of methoxy groups -OCH3 is 1. The molecule has 2 rings (SSSR count). The van der Waals surface area contributed by atoms with E-state index in [4.69, 9.17) is 9.47 Å². The summed E-state index contributed by atoms with van der Waals surface area (Å²) < 4.78 is 51.9. The average molecular weight is 369 g/mol. The summed E-state index contributed by atoms with van der Waals surface area (Å²) in [5.74, 6) is 0.573. The molecule has 0 saturated carbocycles. The number of nitrogens with zero attached hydrogens (tertiary/aromatic N) is 1. The molecule has 1 aromatic carbocycles. The maximum Gasteiger partial charge on any atom is 0.573 e. The first-order valence-corrected chi connectivity index (χ1v) is 8.37. The average Bonchev–Trinajstić information content (AvgIpc) is 2.58. The van der Waals surface area contributed by atoms with Crippen LogP contribution in [0, 0.1) is 6.92 Å². The number of unbranched alkanes of at least 4 members (excludes halogenated alkanes) is 2. The summed E-state index contributed by atoms with van der Waals surface area (Å²) in [7, 11) is 1.39. The van der Waals surface area contributed by atoms with Crippen LogP contribution >= 0.6 is 0 Å². The third kappa shape index (κ3) is 5.54. The molecular weight excluding hydrogens is 347 g/mol. The molecule has 0 spiro atoms. The molecular formula is C19H22F3NO3. The molecule has 0 aliphatic carbocycles. The van der Waals surface area contributed by atoms with E-state index in [0.717, 1.165) is 24.8 Å². The Morgan fingerprint density at radius 3 is 2.46 bits per heavy atom. The maximum absolute atomic E-state index is 12.4. The fourth-order valence-corrected chi connectivity index (χ4v) is 2.52. The Morgan fingerprint density at radius 2 is 1.85 bits per heavy atom. The molecule has 0 aliphatic rings. The van der Waals surface area contributed by atoms with Gasteiger partial charge in [-0.3, -0.25) is 4.98 Å². The summed E-state index contributed by atoms with van der Waals surface area (Å²) in [6.07, 6.45) is 0.0541. The van der Waals surface area contributed by atoms with Crippen molar-refractivity contribution in [2.24, 2.45) is 0 Å². The third-order valence-corrected chi connectivity index (χ3v) is 3.73. The van der Waals surface area contributed by atoms with Gasteiger partial charge in [-0.1, -0.05) is 19.8 Å². The number of ether oxygens (including phenoxy) is 3. The standard InChI is InChI=1S/C19H22F3NO3/c1-4-5-6-9-25-15-10-13(2)18(23-12-15)16-8-7-14(11-17(16)24-3)26-19(20,21)22/h7-8,10-12H,4-6,9H2,1-3H3. The van der Waals surface area contributed by atoms with Crippen LogP contribution in [0.4, 0.5) is 13.2 Å². The van der Waals surface area contributed by atoms with Crippen molar-refractivity contribution in [2.75, 3.05) is 13.7 Å². The minimum Gasteiger partial charge on any atom is -0.496 e. The van der Waals surface area contributed by atoms with E-state index in [1.165, 1.54) is 25.3 Å². The summed E-state index contributed by atoms with van der Waals surface area (Å²) in [6, 6.07) is 5.78. The summed E-state index contributed by atoms with van der Waals surface area (Å²) in [6.45, 7) is 4.61. The SMILES string of the molecule is CCCCCOc1cnc(-c2ccc(OC(F)(F)F)cc2OC)c(C)c1. The molecule has 1 aromatic heterocycles. The van der Waals surface area contributed by atoms with Crippen molar-refractivity contribution in [1.82, 2.24) is 4.98 Å². The zero-order chi connectivity index (χ0) is 19.2. The van der Waals surface area contributed by atoms with Crippen LogP contribution in [-0.2, 0) is 0 Å². The van der Waals surface area contributed by atoms with Gasteiger partial charge in [0.2, 0.25) is 0 Å². The Labute approximate surface area is 150 Å². The lowest BCUT2D eigenvalue weighted by molar-refractivity contribution is -0.274. The van der Waals surface area contributed by atoms with E-state index in [2.05, 4.69) is 16.6 Å². The van der Waals surface area contributed by atoms with Gasteiger partial charge in [0.25, 0.3) is 0 Å². The molecule has 0 N–H and O–H groups in total. The highest BCUT2D eigenvalue weighted by molar-refractivity contribution is 5.71. The fourth-order valence-electron chi connectivity index (χ4n) is 2.52. The molecule has 0 atom stereocenters. The molecule has 4 nitrogen and oxygen atoms in total. The van der Waals surface area contributed by atoms with Crippen LogP contribution in [0.5, 0.6) is 17.2 Å². The first-order chi connectivity index (χ1) is 12.3. The van der Waals surface area contributed by atoms with Gasteiger partial charge in [-0.15, -0.1) is 13.2 Å². The zero-order valence-corrected chi connectivity index (χ0v) is 15.0. The van der Waals surface area contributed by atoms with Crippen LogP contribution in [0.2, 0.25) is 0 Å². The molecule has 142 valence electrons. The van der Waals surface area contributed by atoms with Gasteiger partial charge in [0.15, 0.2) is 0 Å². The van der Waals surface area contributed by atoms with Crippen LogP contribution in [0.3, 0.4) is 0 Å². The topological polar surface area (TPSA) is 40.6 Å². The zero-order valence-electron chi connectivity index (χ0n) is 15.0. The first-order valence-electron chi connectivity index (χ1n) is 8.37. The van der Waals surface area contributed by atoms with Crippen molar-refractivity contribution in [3.63, 3.8) is 0 Å². The third-order valence-electron chi connectivity index (χ3n) is 3.73. The number of aromatic nitrogens is 1. The molecule has 0 unspecified atom stereocenters. The van der Waals surface area contributed by atoms with Crippen molar-refractivity contribution < 1.29 is 27.4 Å². The molecule has 0 amide bonds. The first kappa shape index (κ1) is 19.9. The van der Waals surface area contributed by atoms with E-state index in [0.29, 0.717) is 23.6 Å². The van der Waals surface area contributed by atoms with Gasteiger partial charge in [0.1, 0.15) is 17.2 Å². The molecule has 2 aromatic rings. The van der Waals surface area contributed by atoms with Crippen molar-refractivity contribution in [3.8, 4) is 28.5 Å². The Bertz CT molecular complexity index is 732. The normalized spacial score (nSPS) is 11.3.